The second kappa shape index (κ2) is 6.47. The van der Waals surface area contributed by atoms with E-state index in [0.29, 0.717) is 24.1 Å². The molecular formula is C20H20N4O4. The maximum absolute atomic E-state index is 12.8. The van der Waals surface area contributed by atoms with E-state index in [-0.39, 0.29) is 30.0 Å². The number of aromatic nitrogens is 2. The molecule has 1 saturated carbocycles. The number of amides is 2. The number of likely N-dealkylation sites (tertiary alicyclic amines) is 1. The molecule has 2 amide bonds. The molecule has 1 N–H and O–H groups in total. The number of para-hydroxylation sites is 1. The fraction of sp³-hybridized carbons (Fsp3) is 0.400. The van der Waals surface area contributed by atoms with Crippen molar-refractivity contribution in [1.29, 1.82) is 0 Å². The Hall–Kier alpha value is -3.16. The van der Waals surface area contributed by atoms with Gasteiger partial charge >= 0.3 is 0 Å². The number of furan rings is 1. The Labute approximate surface area is 160 Å². The van der Waals surface area contributed by atoms with E-state index >= 15 is 0 Å². The quantitative estimate of drug-likeness (QED) is 0.738. The minimum atomic E-state index is -0.452. The first-order valence-corrected chi connectivity index (χ1v) is 9.58. The molecule has 2 aromatic heterocycles. The molecule has 8 heteroatoms. The van der Waals surface area contributed by atoms with Gasteiger partial charge in [-0.3, -0.25) is 19.0 Å². The van der Waals surface area contributed by atoms with Gasteiger partial charge in [-0.1, -0.05) is 12.1 Å². The minimum Gasteiger partial charge on any atom is -0.448 e. The monoisotopic (exact) mass is 380 g/mol. The van der Waals surface area contributed by atoms with Gasteiger partial charge < -0.3 is 14.6 Å². The average molecular weight is 380 g/mol. The van der Waals surface area contributed by atoms with Crippen molar-refractivity contribution >= 4 is 33.9 Å². The van der Waals surface area contributed by atoms with Crippen molar-refractivity contribution in [3.63, 3.8) is 0 Å². The zero-order valence-corrected chi connectivity index (χ0v) is 15.3. The summed E-state index contributed by atoms with van der Waals surface area (Å²) < 4.78 is 6.91. The number of rotatable bonds is 4. The van der Waals surface area contributed by atoms with Gasteiger partial charge in [-0.2, -0.15) is 0 Å². The number of nitrogens with zero attached hydrogens (tertiary/aromatic N) is 3. The van der Waals surface area contributed by atoms with E-state index in [9.17, 15) is 14.4 Å². The Morgan fingerprint density at radius 2 is 2.04 bits per heavy atom. The highest BCUT2D eigenvalue weighted by atomic mass is 16.3. The van der Waals surface area contributed by atoms with Crippen LogP contribution < -0.4 is 10.9 Å². The highest BCUT2D eigenvalue weighted by Gasteiger charge is 2.36. The molecule has 1 aromatic carbocycles. The van der Waals surface area contributed by atoms with Crippen LogP contribution in [-0.2, 0) is 16.1 Å². The summed E-state index contributed by atoms with van der Waals surface area (Å²) in [5.74, 6) is -0.348. The van der Waals surface area contributed by atoms with Crippen molar-refractivity contribution < 1.29 is 14.0 Å². The van der Waals surface area contributed by atoms with E-state index in [1.54, 1.807) is 11.0 Å². The summed E-state index contributed by atoms with van der Waals surface area (Å²) in [5.41, 5.74) is 0.823. The number of nitrogens with one attached hydrogen (secondary N) is 1. The van der Waals surface area contributed by atoms with Crippen LogP contribution in [0.15, 0.2) is 39.8 Å². The summed E-state index contributed by atoms with van der Waals surface area (Å²) in [6, 6.07) is 7.11. The Balaban J connectivity index is 1.40. The van der Waals surface area contributed by atoms with Crippen LogP contribution in [0.25, 0.3) is 22.1 Å². The standard InChI is InChI=1S/C20H20N4O4/c25-16(24-9-3-5-14(24)19(26)22-12-7-8-12)10-23-11-21-17-13-4-1-2-6-15(13)28-18(17)20(23)27/h1-2,4,6,11-12,14H,3,5,7-10H2,(H,22,26). The Morgan fingerprint density at radius 1 is 1.21 bits per heavy atom. The van der Waals surface area contributed by atoms with Crippen molar-refractivity contribution in [2.75, 3.05) is 6.54 Å². The van der Waals surface area contributed by atoms with Gasteiger partial charge in [0.25, 0.3) is 5.56 Å². The van der Waals surface area contributed by atoms with Crippen molar-refractivity contribution in [2.45, 2.75) is 44.3 Å². The smallest absolute Gasteiger partial charge is 0.297 e. The zero-order valence-electron chi connectivity index (χ0n) is 15.3. The maximum Gasteiger partial charge on any atom is 0.297 e. The number of carbonyl (C=O) groups excluding carboxylic acids is 2. The third-order valence-electron chi connectivity index (χ3n) is 5.46. The topological polar surface area (TPSA) is 97.4 Å². The molecule has 0 radical (unpaired) electrons. The van der Waals surface area contributed by atoms with Crippen molar-refractivity contribution in [3.8, 4) is 0 Å². The second-order valence-corrected chi connectivity index (χ2v) is 7.48. The van der Waals surface area contributed by atoms with Crippen LogP contribution in [0.2, 0.25) is 0 Å². The predicted molar refractivity (Wildman–Crippen MR) is 102 cm³/mol. The lowest BCUT2D eigenvalue weighted by Crippen LogP contribution is -2.48. The molecule has 2 fully saturated rings. The van der Waals surface area contributed by atoms with E-state index in [4.69, 9.17) is 4.42 Å². The zero-order chi connectivity index (χ0) is 19.3. The van der Waals surface area contributed by atoms with Crippen LogP contribution >= 0.6 is 0 Å². The lowest BCUT2D eigenvalue weighted by Gasteiger charge is -2.24. The highest BCUT2D eigenvalue weighted by Crippen LogP contribution is 2.25. The molecule has 1 aliphatic heterocycles. The summed E-state index contributed by atoms with van der Waals surface area (Å²) in [4.78, 5) is 43.9. The Bertz CT molecular complexity index is 1140. The molecule has 1 saturated heterocycles. The fourth-order valence-corrected chi connectivity index (χ4v) is 3.83. The van der Waals surface area contributed by atoms with Gasteiger partial charge in [-0.15, -0.1) is 0 Å². The summed E-state index contributed by atoms with van der Waals surface area (Å²) >= 11 is 0. The van der Waals surface area contributed by atoms with Crippen LogP contribution in [0.3, 0.4) is 0 Å². The third kappa shape index (κ3) is 2.85. The maximum atomic E-state index is 12.8. The molecule has 144 valence electrons. The van der Waals surface area contributed by atoms with Gasteiger partial charge in [0.15, 0.2) is 0 Å². The molecule has 5 rings (SSSR count). The summed E-state index contributed by atoms with van der Waals surface area (Å²) in [5, 5.41) is 3.73. The van der Waals surface area contributed by atoms with Gasteiger partial charge in [-0.05, 0) is 37.8 Å². The van der Waals surface area contributed by atoms with Gasteiger partial charge in [-0.25, -0.2) is 4.98 Å². The molecule has 0 spiro atoms. The van der Waals surface area contributed by atoms with Gasteiger partial charge in [0.05, 0.1) is 6.33 Å². The third-order valence-corrected chi connectivity index (χ3v) is 5.46. The van der Waals surface area contributed by atoms with Crippen LogP contribution in [0.4, 0.5) is 0 Å². The summed E-state index contributed by atoms with van der Waals surface area (Å²) in [6.07, 6.45) is 4.82. The van der Waals surface area contributed by atoms with Gasteiger partial charge in [0.2, 0.25) is 17.4 Å². The number of hydrogen-bond donors (Lipinski definition) is 1. The summed E-state index contributed by atoms with van der Waals surface area (Å²) in [6.45, 7) is 0.364. The number of carbonyl (C=O) groups is 2. The molecule has 0 bridgehead atoms. The predicted octanol–water partition coefficient (Wildman–Crippen LogP) is 1.41. The molecular weight excluding hydrogens is 360 g/mol. The van der Waals surface area contributed by atoms with Crippen LogP contribution in [0, 0.1) is 0 Å². The van der Waals surface area contributed by atoms with Gasteiger partial charge in [0, 0.05) is 18.0 Å². The molecule has 8 nitrogen and oxygen atoms in total. The number of hydrogen-bond acceptors (Lipinski definition) is 5. The van der Waals surface area contributed by atoms with E-state index in [0.717, 1.165) is 24.6 Å². The van der Waals surface area contributed by atoms with Crippen LogP contribution in [0.1, 0.15) is 25.7 Å². The van der Waals surface area contributed by atoms with E-state index in [1.807, 2.05) is 18.2 Å². The molecule has 1 aliphatic carbocycles. The molecule has 1 unspecified atom stereocenters. The highest BCUT2D eigenvalue weighted by molar-refractivity contribution is 6.01. The van der Waals surface area contributed by atoms with E-state index in [2.05, 4.69) is 10.3 Å². The van der Waals surface area contributed by atoms with Crippen LogP contribution in [-0.4, -0.2) is 44.9 Å². The first-order chi connectivity index (χ1) is 13.6. The average Bonchev–Trinajstić information content (AvgIpc) is 3.23. The van der Waals surface area contributed by atoms with Gasteiger partial charge in [0.1, 0.15) is 23.7 Å². The fourth-order valence-electron chi connectivity index (χ4n) is 3.83. The van der Waals surface area contributed by atoms with Crippen molar-refractivity contribution in [2.24, 2.45) is 0 Å². The Kier molecular flexibility index (Phi) is 3.92. The Morgan fingerprint density at radius 3 is 2.86 bits per heavy atom. The second-order valence-electron chi connectivity index (χ2n) is 7.48. The SMILES string of the molecule is O=C(NC1CC1)C1CCCN1C(=O)Cn1cnc2c(oc3ccccc32)c1=O. The molecule has 3 heterocycles. The van der Waals surface area contributed by atoms with E-state index < -0.39 is 11.6 Å². The van der Waals surface area contributed by atoms with E-state index in [1.165, 1.54) is 10.9 Å². The first kappa shape index (κ1) is 17.0. The summed E-state index contributed by atoms with van der Waals surface area (Å²) in [7, 11) is 0. The normalized spacial score (nSPS) is 19.4. The molecule has 28 heavy (non-hydrogen) atoms. The first-order valence-electron chi connectivity index (χ1n) is 9.58. The molecule has 3 aromatic rings. The lowest BCUT2D eigenvalue weighted by atomic mass is 10.2. The number of fused-ring (bicyclic) bond motifs is 3. The lowest BCUT2D eigenvalue weighted by molar-refractivity contribution is -0.139. The molecule has 2 aliphatic rings. The van der Waals surface area contributed by atoms with Crippen molar-refractivity contribution in [1.82, 2.24) is 19.8 Å². The molecule has 1 atom stereocenters. The minimum absolute atomic E-state index is 0.0911. The number of benzene rings is 1. The largest absolute Gasteiger partial charge is 0.448 e. The van der Waals surface area contributed by atoms with Crippen LogP contribution in [0.5, 0.6) is 0 Å². The van der Waals surface area contributed by atoms with Crippen molar-refractivity contribution in [3.05, 3.63) is 40.9 Å².